The van der Waals surface area contributed by atoms with Crippen LogP contribution in [0, 0.1) is 0 Å². The highest BCUT2D eigenvalue weighted by molar-refractivity contribution is 5.96. The number of ether oxygens (including phenoxy) is 7. The normalized spacial score (nSPS) is 12.1. The third-order valence-corrected chi connectivity index (χ3v) is 6.33. The second-order valence-electron chi connectivity index (χ2n) is 9.63. The van der Waals surface area contributed by atoms with Crippen LogP contribution in [0.1, 0.15) is 39.4 Å². The maximum absolute atomic E-state index is 13.6. The third kappa shape index (κ3) is 7.32. The van der Waals surface area contributed by atoms with Gasteiger partial charge in [-0.05, 0) is 30.3 Å². The van der Waals surface area contributed by atoms with E-state index in [9.17, 15) is 24.0 Å². The number of para-hydroxylation sites is 1. The molecule has 0 spiro atoms. The van der Waals surface area contributed by atoms with Crippen molar-refractivity contribution < 1.29 is 56.8 Å². The fraction of sp³-hybridized carbons (Fsp3) is 0.281. The van der Waals surface area contributed by atoms with E-state index >= 15 is 0 Å². The molecule has 0 fully saturated rings. The molecule has 0 saturated carbocycles. The minimum absolute atomic E-state index is 0.0270. The van der Waals surface area contributed by atoms with Crippen molar-refractivity contribution >= 4 is 45.8 Å². The Kier molecular flexibility index (Phi) is 9.91. The molecule has 1 heterocycles. The highest BCUT2D eigenvalue weighted by Crippen LogP contribution is 2.45. The highest BCUT2D eigenvalue weighted by Gasteiger charge is 2.34. The molecule has 0 bridgehead atoms. The number of methoxy groups -OCH3 is 2. The molecule has 0 saturated heterocycles. The number of fused-ring (bicyclic) bond motifs is 2. The summed E-state index contributed by atoms with van der Waals surface area (Å²) in [5, 5.41) is 0.298. The largest absolute Gasteiger partial charge is 0.493 e. The zero-order chi connectivity index (χ0) is 32.8. The van der Waals surface area contributed by atoms with E-state index in [4.69, 9.17) is 37.6 Å². The molecule has 1 aromatic heterocycles. The number of hydrogen-bond acceptors (Lipinski definition) is 13. The molecule has 0 aliphatic rings. The van der Waals surface area contributed by atoms with Crippen molar-refractivity contribution in [2.24, 2.45) is 0 Å². The first-order valence-corrected chi connectivity index (χ1v) is 13.5. The lowest BCUT2D eigenvalue weighted by Gasteiger charge is -2.29. The van der Waals surface area contributed by atoms with Gasteiger partial charge in [-0.3, -0.25) is 24.0 Å². The second-order valence-corrected chi connectivity index (χ2v) is 9.63. The summed E-state index contributed by atoms with van der Waals surface area (Å²) >= 11 is 0. The van der Waals surface area contributed by atoms with Crippen LogP contribution in [0.4, 0.5) is 0 Å². The van der Waals surface area contributed by atoms with E-state index in [-0.39, 0.29) is 56.2 Å². The van der Waals surface area contributed by atoms with Gasteiger partial charge in [0.2, 0.25) is 16.9 Å². The zero-order valence-corrected chi connectivity index (χ0v) is 25.3. The number of carbonyl (C=O) groups is 4. The molecule has 45 heavy (non-hydrogen) atoms. The topological polar surface area (TPSA) is 163 Å². The lowest BCUT2D eigenvalue weighted by molar-refractivity contribution is -0.157. The number of benzene rings is 3. The zero-order valence-electron chi connectivity index (χ0n) is 25.3. The molecule has 13 heteroatoms. The van der Waals surface area contributed by atoms with Gasteiger partial charge in [0, 0.05) is 33.3 Å². The fourth-order valence-corrected chi connectivity index (χ4v) is 4.54. The van der Waals surface area contributed by atoms with E-state index in [0.717, 1.165) is 13.8 Å². The van der Waals surface area contributed by atoms with Gasteiger partial charge < -0.3 is 37.6 Å². The van der Waals surface area contributed by atoms with Gasteiger partial charge in [0.15, 0.2) is 35.0 Å². The molecule has 13 nitrogen and oxygen atoms in total. The van der Waals surface area contributed by atoms with Crippen LogP contribution in [0.2, 0.25) is 0 Å². The van der Waals surface area contributed by atoms with Crippen LogP contribution in [-0.4, -0.2) is 50.8 Å². The predicted octanol–water partition coefficient (Wildman–Crippen LogP) is 4.43. The van der Waals surface area contributed by atoms with Crippen LogP contribution in [0.25, 0.3) is 21.9 Å². The van der Waals surface area contributed by atoms with Gasteiger partial charge in [-0.15, -0.1) is 0 Å². The molecule has 236 valence electrons. The Morgan fingerprint density at radius 3 is 2.04 bits per heavy atom. The molecule has 0 aliphatic heterocycles. The Balaban J connectivity index is 1.99. The van der Waals surface area contributed by atoms with E-state index in [0.29, 0.717) is 0 Å². The smallest absolute Gasteiger partial charge is 0.308 e. The van der Waals surface area contributed by atoms with Gasteiger partial charge in [-0.25, -0.2) is 0 Å². The minimum atomic E-state index is -1.34. The Hall–Kier alpha value is -5.59. The molecule has 3 aromatic carbocycles. The predicted molar refractivity (Wildman–Crippen MR) is 158 cm³/mol. The van der Waals surface area contributed by atoms with Crippen molar-refractivity contribution in [2.45, 2.75) is 39.9 Å². The summed E-state index contributed by atoms with van der Waals surface area (Å²) in [6, 6.07) is 12.2. The Bertz CT molecular complexity index is 1840. The third-order valence-electron chi connectivity index (χ3n) is 6.33. The van der Waals surface area contributed by atoms with E-state index in [1.54, 1.807) is 24.3 Å². The molecule has 0 unspecified atom stereocenters. The first kappa shape index (κ1) is 32.3. The molecule has 0 aliphatic carbocycles. The van der Waals surface area contributed by atoms with Gasteiger partial charge in [-0.2, -0.15) is 0 Å². The average molecular weight is 623 g/mol. The SMILES string of the molecule is COc1cc([C@H](OC(C)=O)[C@H](COC(C)=O)Oc2c(OC(C)=O)c(OC)cc3c(=O)c4ccccc4oc23)ccc1OC(C)=O. The number of hydrogen-bond donors (Lipinski definition) is 0. The molecular formula is C32H30O13. The van der Waals surface area contributed by atoms with Crippen LogP contribution in [-0.2, 0) is 28.7 Å². The maximum atomic E-state index is 13.6. The van der Waals surface area contributed by atoms with Crippen molar-refractivity contribution in [2.75, 3.05) is 20.8 Å². The van der Waals surface area contributed by atoms with E-state index < -0.39 is 48.1 Å². The van der Waals surface area contributed by atoms with Gasteiger partial charge in [-0.1, -0.05) is 18.2 Å². The molecule has 2 atom stereocenters. The van der Waals surface area contributed by atoms with Crippen molar-refractivity contribution in [3.8, 4) is 28.7 Å². The van der Waals surface area contributed by atoms with Crippen LogP contribution in [0.3, 0.4) is 0 Å². The summed E-state index contributed by atoms with van der Waals surface area (Å²) in [7, 11) is 2.65. The molecule has 0 radical (unpaired) electrons. The Morgan fingerprint density at radius 2 is 1.42 bits per heavy atom. The van der Waals surface area contributed by atoms with Gasteiger partial charge in [0.1, 0.15) is 12.2 Å². The Labute approximate surface area is 256 Å². The van der Waals surface area contributed by atoms with Gasteiger partial charge >= 0.3 is 23.9 Å². The lowest BCUT2D eigenvalue weighted by Crippen LogP contribution is -2.34. The average Bonchev–Trinajstić information content (AvgIpc) is 2.98. The Morgan fingerprint density at radius 1 is 0.733 bits per heavy atom. The summed E-state index contributed by atoms with van der Waals surface area (Å²) in [5.41, 5.74) is -0.0583. The number of esters is 4. The summed E-state index contributed by atoms with van der Waals surface area (Å²) in [6.07, 6.45) is -2.65. The maximum Gasteiger partial charge on any atom is 0.308 e. The molecular weight excluding hydrogens is 592 g/mol. The van der Waals surface area contributed by atoms with Crippen molar-refractivity contribution in [1.29, 1.82) is 0 Å². The van der Waals surface area contributed by atoms with E-state index in [2.05, 4.69) is 0 Å². The summed E-state index contributed by atoms with van der Waals surface area (Å²) in [6.45, 7) is 4.22. The second kappa shape index (κ2) is 13.8. The summed E-state index contributed by atoms with van der Waals surface area (Å²) < 4.78 is 44.9. The summed E-state index contributed by atoms with van der Waals surface area (Å²) in [4.78, 5) is 61.7. The van der Waals surface area contributed by atoms with Crippen LogP contribution in [0.5, 0.6) is 28.7 Å². The minimum Gasteiger partial charge on any atom is -0.493 e. The van der Waals surface area contributed by atoms with Gasteiger partial charge in [0.25, 0.3) is 0 Å². The lowest BCUT2D eigenvalue weighted by atomic mass is 10.0. The molecule has 4 rings (SSSR count). The van der Waals surface area contributed by atoms with E-state index in [1.165, 1.54) is 52.3 Å². The first-order valence-electron chi connectivity index (χ1n) is 13.5. The standard InChI is InChI=1S/C32H30O13/c1-16(33)40-15-27(29(42-18(3)35)20-11-12-24(41-17(2)34)25(13-20)38-5)45-32-30-22(14-26(39-6)31(32)43-19(4)36)28(37)21-9-7-8-10-23(21)44-30/h7-14,27,29H,15H2,1-6H3/t27-,29-/m0/s1. The van der Waals surface area contributed by atoms with Crippen molar-refractivity contribution in [3.05, 3.63) is 64.3 Å². The van der Waals surface area contributed by atoms with Crippen LogP contribution < -0.4 is 29.1 Å². The van der Waals surface area contributed by atoms with E-state index in [1.807, 2.05) is 0 Å². The van der Waals surface area contributed by atoms with Gasteiger partial charge in [0.05, 0.1) is 25.0 Å². The quantitative estimate of drug-likeness (QED) is 0.131. The summed E-state index contributed by atoms with van der Waals surface area (Å²) in [5.74, 6) is -3.08. The number of carbonyl (C=O) groups excluding carboxylic acids is 4. The first-order chi connectivity index (χ1) is 21.4. The highest BCUT2D eigenvalue weighted by atomic mass is 16.6. The molecule has 0 amide bonds. The number of rotatable bonds is 11. The van der Waals surface area contributed by atoms with Crippen LogP contribution in [0.15, 0.2) is 57.7 Å². The van der Waals surface area contributed by atoms with Crippen molar-refractivity contribution in [3.63, 3.8) is 0 Å². The fourth-order valence-electron chi connectivity index (χ4n) is 4.54. The molecule has 0 N–H and O–H groups in total. The monoisotopic (exact) mass is 622 g/mol. The van der Waals surface area contributed by atoms with Crippen LogP contribution >= 0.6 is 0 Å². The van der Waals surface area contributed by atoms with Crippen molar-refractivity contribution in [1.82, 2.24) is 0 Å². The molecule has 4 aromatic rings.